The summed E-state index contributed by atoms with van der Waals surface area (Å²) >= 11 is 0. The fraction of sp³-hybridized carbons (Fsp3) is 0.529. The molecule has 2 aromatic heterocycles. The molecular weight excluding hydrogens is 292 g/mol. The minimum absolute atomic E-state index is 0.0171. The van der Waals surface area contributed by atoms with Crippen LogP contribution >= 0.6 is 0 Å². The summed E-state index contributed by atoms with van der Waals surface area (Å²) in [6, 6.07) is 6.80. The molecule has 0 saturated carbocycles. The summed E-state index contributed by atoms with van der Waals surface area (Å²) in [5.74, 6) is 0. The van der Waals surface area contributed by atoms with Crippen LogP contribution in [0.1, 0.15) is 25.8 Å². The largest absolute Gasteiger partial charge is 0.325 e. The lowest BCUT2D eigenvalue weighted by Crippen LogP contribution is -2.49. The Kier molecular flexibility index (Phi) is 3.21. The number of nitrogens with zero attached hydrogens (tertiary/aromatic N) is 3. The summed E-state index contributed by atoms with van der Waals surface area (Å²) in [7, 11) is 0. The first-order valence-corrected chi connectivity index (χ1v) is 8.21. The van der Waals surface area contributed by atoms with Crippen molar-refractivity contribution in [3.63, 3.8) is 0 Å². The summed E-state index contributed by atoms with van der Waals surface area (Å²) in [6.45, 7) is 5.35. The van der Waals surface area contributed by atoms with Gasteiger partial charge in [0.25, 0.3) is 11.1 Å². The summed E-state index contributed by atoms with van der Waals surface area (Å²) in [4.78, 5) is 26.9. The van der Waals surface area contributed by atoms with Crippen LogP contribution in [-0.2, 0) is 6.54 Å². The molecule has 0 aromatic carbocycles. The monoisotopic (exact) mass is 314 g/mol. The Morgan fingerprint density at radius 3 is 2.48 bits per heavy atom. The molecule has 2 aliphatic rings. The third-order valence-electron chi connectivity index (χ3n) is 5.28. The molecule has 0 bridgehead atoms. The third-order valence-corrected chi connectivity index (χ3v) is 5.28. The highest BCUT2D eigenvalue weighted by Crippen LogP contribution is 2.26. The van der Waals surface area contributed by atoms with Gasteiger partial charge >= 0.3 is 0 Å². The second-order valence-electron chi connectivity index (χ2n) is 7.21. The lowest BCUT2D eigenvalue weighted by Gasteiger charge is -2.37. The van der Waals surface area contributed by atoms with E-state index in [0.29, 0.717) is 6.54 Å². The van der Waals surface area contributed by atoms with Crippen molar-refractivity contribution in [1.82, 2.24) is 14.0 Å². The SMILES string of the molecule is CC1(N)CCN(C[C@@H]2Cn3c(=O)ccc4ccc(=O)n2c43)CC1. The number of rotatable bonds is 2. The first-order chi connectivity index (χ1) is 10.9. The number of piperidine rings is 1. The maximum absolute atomic E-state index is 12.4. The number of hydrogen-bond acceptors (Lipinski definition) is 4. The lowest BCUT2D eigenvalue weighted by molar-refractivity contribution is 0.150. The van der Waals surface area contributed by atoms with Gasteiger partial charge in [-0.25, -0.2) is 0 Å². The molecule has 1 atom stereocenters. The standard InChI is InChI=1S/C17H22N4O2/c1-17(18)6-8-19(9-7-17)10-13-11-20-14(22)4-2-12-3-5-15(23)21(13)16(12)20/h2-5,13H,6-11,18H2,1H3/t13-/m1/s1. The van der Waals surface area contributed by atoms with Crippen molar-refractivity contribution in [3.8, 4) is 0 Å². The molecule has 2 aromatic rings. The van der Waals surface area contributed by atoms with Crippen LogP contribution in [-0.4, -0.2) is 39.2 Å². The van der Waals surface area contributed by atoms with Crippen LogP contribution < -0.4 is 16.9 Å². The number of hydrogen-bond donors (Lipinski definition) is 1. The number of likely N-dealkylation sites (tertiary alicyclic amines) is 1. The van der Waals surface area contributed by atoms with E-state index < -0.39 is 0 Å². The van der Waals surface area contributed by atoms with Gasteiger partial charge in [-0.1, -0.05) is 0 Å². The van der Waals surface area contributed by atoms with Crippen LogP contribution in [0.3, 0.4) is 0 Å². The maximum atomic E-state index is 12.4. The number of pyridine rings is 2. The Labute approximate surface area is 134 Å². The predicted octanol–water partition coefficient (Wildman–Crippen LogP) is 0.531. The molecule has 2 N–H and O–H groups in total. The molecule has 6 heteroatoms. The zero-order valence-corrected chi connectivity index (χ0v) is 13.4. The molecule has 1 saturated heterocycles. The van der Waals surface area contributed by atoms with Crippen molar-refractivity contribution < 1.29 is 0 Å². The Bertz CT molecular complexity index is 865. The lowest BCUT2D eigenvalue weighted by atomic mass is 9.91. The van der Waals surface area contributed by atoms with E-state index in [2.05, 4.69) is 11.8 Å². The Balaban J connectivity index is 1.67. The van der Waals surface area contributed by atoms with Gasteiger partial charge in [-0.15, -0.1) is 0 Å². The summed E-state index contributed by atoms with van der Waals surface area (Å²) in [5, 5.41) is 0.944. The Morgan fingerprint density at radius 2 is 1.78 bits per heavy atom. The first kappa shape index (κ1) is 14.7. The minimum Gasteiger partial charge on any atom is -0.325 e. The van der Waals surface area contributed by atoms with Crippen molar-refractivity contribution >= 4 is 11.0 Å². The van der Waals surface area contributed by atoms with Gasteiger partial charge in [0.05, 0.1) is 6.04 Å². The van der Waals surface area contributed by atoms with E-state index in [1.807, 2.05) is 0 Å². The molecule has 0 unspecified atom stereocenters. The molecule has 0 radical (unpaired) electrons. The molecular formula is C17H22N4O2. The van der Waals surface area contributed by atoms with Crippen LogP contribution in [0.4, 0.5) is 0 Å². The number of nitrogens with two attached hydrogens (primary N) is 1. The van der Waals surface area contributed by atoms with Crippen molar-refractivity contribution in [1.29, 1.82) is 0 Å². The van der Waals surface area contributed by atoms with Crippen LogP contribution in [0.25, 0.3) is 11.0 Å². The maximum Gasteiger partial charge on any atom is 0.252 e. The van der Waals surface area contributed by atoms with Gasteiger partial charge in [0.2, 0.25) is 0 Å². The van der Waals surface area contributed by atoms with E-state index in [-0.39, 0.29) is 22.7 Å². The van der Waals surface area contributed by atoms with Gasteiger partial charge in [-0.3, -0.25) is 18.7 Å². The average Bonchev–Trinajstić information content (AvgIpc) is 2.89. The number of aromatic nitrogens is 2. The molecule has 0 amide bonds. The summed E-state index contributed by atoms with van der Waals surface area (Å²) in [5.41, 5.74) is 6.81. The second kappa shape index (κ2) is 5.04. The molecule has 4 rings (SSSR count). The quantitative estimate of drug-likeness (QED) is 0.878. The van der Waals surface area contributed by atoms with E-state index in [4.69, 9.17) is 5.73 Å². The predicted molar refractivity (Wildman–Crippen MR) is 89.8 cm³/mol. The molecule has 4 heterocycles. The minimum atomic E-state index is -0.0804. The van der Waals surface area contributed by atoms with Crippen molar-refractivity contribution in [2.75, 3.05) is 19.6 Å². The third kappa shape index (κ3) is 2.42. The Hall–Kier alpha value is -1.92. The molecule has 0 aliphatic carbocycles. The van der Waals surface area contributed by atoms with Gasteiger partial charge in [-0.05, 0) is 45.0 Å². The smallest absolute Gasteiger partial charge is 0.252 e. The van der Waals surface area contributed by atoms with Gasteiger partial charge in [-0.2, -0.15) is 0 Å². The molecule has 2 aliphatic heterocycles. The highest BCUT2D eigenvalue weighted by Gasteiger charge is 2.31. The van der Waals surface area contributed by atoms with E-state index in [1.165, 1.54) is 0 Å². The summed E-state index contributed by atoms with van der Waals surface area (Å²) in [6.07, 6.45) is 1.93. The fourth-order valence-electron chi connectivity index (χ4n) is 3.84. The normalized spacial score (nSPS) is 23.5. The highest BCUT2D eigenvalue weighted by atomic mass is 16.1. The average molecular weight is 314 g/mol. The van der Waals surface area contributed by atoms with Crippen LogP contribution in [0.5, 0.6) is 0 Å². The Morgan fingerprint density at radius 1 is 1.13 bits per heavy atom. The topological polar surface area (TPSA) is 73.3 Å². The van der Waals surface area contributed by atoms with E-state index in [1.54, 1.807) is 33.4 Å². The molecule has 122 valence electrons. The molecule has 23 heavy (non-hydrogen) atoms. The molecule has 0 spiro atoms. The zero-order chi connectivity index (χ0) is 16.2. The first-order valence-electron chi connectivity index (χ1n) is 8.21. The van der Waals surface area contributed by atoms with Gasteiger partial charge in [0.15, 0.2) is 0 Å². The van der Waals surface area contributed by atoms with Crippen LogP contribution in [0.15, 0.2) is 33.9 Å². The van der Waals surface area contributed by atoms with Crippen LogP contribution in [0.2, 0.25) is 0 Å². The van der Waals surface area contributed by atoms with Gasteiger partial charge in [0.1, 0.15) is 5.65 Å². The van der Waals surface area contributed by atoms with Crippen molar-refractivity contribution in [2.24, 2.45) is 5.73 Å². The van der Waals surface area contributed by atoms with Gasteiger partial charge in [0, 0.05) is 36.1 Å². The fourth-order valence-corrected chi connectivity index (χ4v) is 3.84. The highest BCUT2D eigenvalue weighted by molar-refractivity contribution is 5.76. The van der Waals surface area contributed by atoms with E-state index in [9.17, 15) is 9.59 Å². The summed E-state index contributed by atoms with van der Waals surface area (Å²) < 4.78 is 3.53. The molecule has 6 nitrogen and oxygen atoms in total. The second-order valence-corrected chi connectivity index (χ2v) is 7.21. The zero-order valence-electron chi connectivity index (χ0n) is 13.4. The van der Waals surface area contributed by atoms with E-state index >= 15 is 0 Å². The van der Waals surface area contributed by atoms with Crippen molar-refractivity contribution in [2.45, 2.75) is 37.9 Å². The van der Waals surface area contributed by atoms with Crippen LogP contribution in [0, 0.1) is 0 Å². The van der Waals surface area contributed by atoms with Gasteiger partial charge < -0.3 is 10.6 Å². The molecule has 1 fully saturated rings. The van der Waals surface area contributed by atoms with E-state index in [0.717, 1.165) is 43.5 Å². The van der Waals surface area contributed by atoms with Crippen molar-refractivity contribution in [3.05, 3.63) is 45.0 Å².